The van der Waals surface area contributed by atoms with Gasteiger partial charge in [-0.05, 0) is 35.7 Å². The van der Waals surface area contributed by atoms with Crippen LogP contribution in [-0.2, 0) is 4.79 Å². The predicted molar refractivity (Wildman–Crippen MR) is 93.6 cm³/mol. The van der Waals surface area contributed by atoms with Crippen molar-refractivity contribution < 1.29 is 9.59 Å². The number of aromatic nitrogens is 1. The maximum Gasteiger partial charge on any atom is 0.270 e. The van der Waals surface area contributed by atoms with Crippen LogP contribution in [0.4, 0.5) is 0 Å². The van der Waals surface area contributed by atoms with Crippen molar-refractivity contribution >= 4 is 33.5 Å². The lowest BCUT2D eigenvalue weighted by molar-refractivity contribution is -0.123. The first-order chi connectivity index (χ1) is 11.6. The molecule has 3 aromatic rings. The summed E-state index contributed by atoms with van der Waals surface area (Å²) in [5.41, 5.74) is 6.91. The molecule has 0 unspecified atom stereocenters. The second-order valence-electron chi connectivity index (χ2n) is 6.40. The standard InChI is InChI=1S/C19H19N3O2/c20-18(23)13-7-9-22(10-8-13)19(24)17-11-15-14-4-2-1-3-12(14)5-6-16(15)21-17/h1-6,11,13,21H,7-10H2,(H2,20,23). The highest BCUT2D eigenvalue weighted by atomic mass is 16.2. The number of piperidine rings is 1. The van der Waals surface area contributed by atoms with Gasteiger partial charge in [0.1, 0.15) is 5.69 Å². The van der Waals surface area contributed by atoms with Crippen LogP contribution in [0.25, 0.3) is 21.7 Å². The minimum Gasteiger partial charge on any atom is -0.369 e. The van der Waals surface area contributed by atoms with Gasteiger partial charge in [0, 0.05) is 29.9 Å². The van der Waals surface area contributed by atoms with E-state index in [1.807, 2.05) is 24.3 Å². The fourth-order valence-electron chi connectivity index (χ4n) is 3.54. The number of likely N-dealkylation sites (tertiary alicyclic amines) is 1. The van der Waals surface area contributed by atoms with Crippen LogP contribution in [0, 0.1) is 5.92 Å². The lowest BCUT2D eigenvalue weighted by atomic mass is 9.96. The Kier molecular flexibility index (Phi) is 3.49. The Morgan fingerprint density at radius 3 is 2.54 bits per heavy atom. The molecule has 3 N–H and O–H groups in total. The zero-order valence-electron chi connectivity index (χ0n) is 13.3. The van der Waals surface area contributed by atoms with E-state index in [0.717, 1.165) is 21.7 Å². The molecule has 5 heteroatoms. The Balaban J connectivity index is 1.63. The Morgan fingerprint density at radius 1 is 1.04 bits per heavy atom. The third-order valence-electron chi connectivity index (χ3n) is 4.94. The zero-order chi connectivity index (χ0) is 16.7. The van der Waals surface area contributed by atoms with Crippen molar-refractivity contribution in [1.82, 2.24) is 9.88 Å². The van der Waals surface area contributed by atoms with Crippen LogP contribution in [0.3, 0.4) is 0 Å². The minimum atomic E-state index is -0.265. The maximum atomic E-state index is 12.8. The van der Waals surface area contributed by atoms with Crippen LogP contribution >= 0.6 is 0 Å². The van der Waals surface area contributed by atoms with E-state index in [2.05, 4.69) is 23.2 Å². The molecule has 0 aliphatic carbocycles. The number of rotatable bonds is 2. The van der Waals surface area contributed by atoms with Crippen molar-refractivity contribution in [1.29, 1.82) is 0 Å². The molecular weight excluding hydrogens is 302 g/mol. The van der Waals surface area contributed by atoms with Gasteiger partial charge in [-0.1, -0.05) is 30.3 Å². The summed E-state index contributed by atoms with van der Waals surface area (Å²) in [6.07, 6.45) is 1.29. The Bertz CT molecular complexity index is 936. The lowest BCUT2D eigenvalue weighted by Crippen LogP contribution is -2.41. The number of amides is 2. The Hall–Kier alpha value is -2.82. The summed E-state index contributed by atoms with van der Waals surface area (Å²) in [6, 6.07) is 14.1. The molecule has 1 aliphatic heterocycles. The molecule has 2 amide bonds. The first-order valence-corrected chi connectivity index (χ1v) is 8.22. The first-order valence-electron chi connectivity index (χ1n) is 8.22. The van der Waals surface area contributed by atoms with E-state index in [-0.39, 0.29) is 17.7 Å². The number of nitrogens with zero attached hydrogens (tertiary/aromatic N) is 1. The summed E-state index contributed by atoms with van der Waals surface area (Å²) in [5.74, 6) is -0.391. The van der Waals surface area contributed by atoms with E-state index >= 15 is 0 Å². The Morgan fingerprint density at radius 2 is 1.79 bits per heavy atom. The third kappa shape index (κ3) is 2.42. The topological polar surface area (TPSA) is 79.2 Å². The number of primary amides is 1. The molecule has 5 nitrogen and oxygen atoms in total. The average molecular weight is 321 g/mol. The maximum absolute atomic E-state index is 12.8. The van der Waals surface area contributed by atoms with Crippen molar-refractivity contribution in [2.24, 2.45) is 11.7 Å². The summed E-state index contributed by atoms with van der Waals surface area (Å²) < 4.78 is 0. The van der Waals surface area contributed by atoms with Gasteiger partial charge in [0.25, 0.3) is 5.91 Å². The van der Waals surface area contributed by atoms with Crippen LogP contribution < -0.4 is 5.73 Å². The van der Waals surface area contributed by atoms with Crippen LogP contribution in [0.2, 0.25) is 0 Å². The molecule has 1 aromatic heterocycles. The molecule has 0 bridgehead atoms. The largest absolute Gasteiger partial charge is 0.369 e. The quantitative estimate of drug-likeness (QED) is 0.761. The number of benzene rings is 2. The van der Waals surface area contributed by atoms with Gasteiger partial charge in [-0.15, -0.1) is 0 Å². The number of aromatic amines is 1. The molecule has 1 aliphatic rings. The highest BCUT2D eigenvalue weighted by molar-refractivity contribution is 6.09. The second kappa shape index (κ2) is 5.67. The van der Waals surface area contributed by atoms with E-state index in [0.29, 0.717) is 31.6 Å². The smallest absolute Gasteiger partial charge is 0.270 e. The van der Waals surface area contributed by atoms with E-state index in [1.165, 1.54) is 0 Å². The number of nitrogens with two attached hydrogens (primary N) is 1. The average Bonchev–Trinajstić information content (AvgIpc) is 3.06. The number of nitrogens with one attached hydrogen (secondary N) is 1. The van der Waals surface area contributed by atoms with Gasteiger partial charge < -0.3 is 15.6 Å². The summed E-state index contributed by atoms with van der Waals surface area (Å²) in [7, 11) is 0. The van der Waals surface area contributed by atoms with E-state index in [1.54, 1.807) is 4.90 Å². The summed E-state index contributed by atoms with van der Waals surface area (Å²) >= 11 is 0. The molecule has 2 aromatic carbocycles. The molecule has 1 fully saturated rings. The number of carbonyl (C=O) groups excluding carboxylic acids is 2. The number of hydrogen-bond acceptors (Lipinski definition) is 2. The molecule has 0 spiro atoms. The summed E-state index contributed by atoms with van der Waals surface area (Å²) in [5, 5.41) is 3.35. The summed E-state index contributed by atoms with van der Waals surface area (Å²) in [4.78, 5) is 29.0. The fraction of sp³-hybridized carbons (Fsp3) is 0.263. The molecule has 0 radical (unpaired) electrons. The van der Waals surface area contributed by atoms with Gasteiger partial charge in [-0.2, -0.15) is 0 Å². The highest BCUT2D eigenvalue weighted by Gasteiger charge is 2.27. The van der Waals surface area contributed by atoms with E-state index in [4.69, 9.17) is 5.73 Å². The van der Waals surface area contributed by atoms with Gasteiger partial charge in [-0.25, -0.2) is 0 Å². The van der Waals surface area contributed by atoms with Crippen molar-refractivity contribution in [2.45, 2.75) is 12.8 Å². The van der Waals surface area contributed by atoms with Crippen LogP contribution in [0.15, 0.2) is 42.5 Å². The van der Waals surface area contributed by atoms with Crippen molar-refractivity contribution in [3.8, 4) is 0 Å². The monoisotopic (exact) mass is 321 g/mol. The highest BCUT2D eigenvalue weighted by Crippen LogP contribution is 2.27. The zero-order valence-corrected chi connectivity index (χ0v) is 13.3. The lowest BCUT2D eigenvalue weighted by Gasteiger charge is -2.30. The first kappa shape index (κ1) is 14.8. The van der Waals surface area contributed by atoms with Gasteiger partial charge in [-0.3, -0.25) is 9.59 Å². The van der Waals surface area contributed by atoms with Gasteiger partial charge in [0.2, 0.25) is 5.91 Å². The number of carbonyl (C=O) groups is 2. The number of hydrogen-bond donors (Lipinski definition) is 2. The predicted octanol–water partition coefficient (Wildman–Crippen LogP) is 2.66. The molecule has 122 valence electrons. The van der Waals surface area contributed by atoms with Crippen LogP contribution in [0.1, 0.15) is 23.3 Å². The van der Waals surface area contributed by atoms with E-state index in [9.17, 15) is 9.59 Å². The fourth-order valence-corrected chi connectivity index (χ4v) is 3.54. The number of fused-ring (bicyclic) bond motifs is 3. The summed E-state index contributed by atoms with van der Waals surface area (Å²) in [6.45, 7) is 1.14. The molecule has 4 rings (SSSR count). The van der Waals surface area contributed by atoms with Crippen molar-refractivity contribution in [3.05, 3.63) is 48.2 Å². The Labute approximate surface area is 139 Å². The molecule has 0 saturated carbocycles. The van der Waals surface area contributed by atoms with Crippen molar-refractivity contribution in [3.63, 3.8) is 0 Å². The van der Waals surface area contributed by atoms with Gasteiger partial charge in [0.15, 0.2) is 0 Å². The molecule has 0 atom stereocenters. The molecule has 24 heavy (non-hydrogen) atoms. The second-order valence-corrected chi connectivity index (χ2v) is 6.40. The molecule has 2 heterocycles. The van der Waals surface area contributed by atoms with E-state index < -0.39 is 0 Å². The van der Waals surface area contributed by atoms with Crippen LogP contribution in [-0.4, -0.2) is 34.8 Å². The SMILES string of the molecule is NC(=O)C1CCN(C(=O)c2cc3c(ccc4ccccc43)[nH]2)CC1. The molecule has 1 saturated heterocycles. The van der Waals surface area contributed by atoms with Crippen molar-refractivity contribution in [2.75, 3.05) is 13.1 Å². The molecular formula is C19H19N3O2. The van der Waals surface area contributed by atoms with Gasteiger partial charge >= 0.3 is 0 Å². The van der Waals surface area contributed by atoms with Crippen LogP contribution in [0.5, 0.6) is 0 Å². The minimum absolute atomic E-state index is 0.0156. The normalized spacial score (nSPS) is 15.9. The third-order valence-corrected chi connectivity index (χ3v) is 4.94. The number of H-pyrrole nitrogens is 1. The van der Waals surface area contributed by atoms with Gasteiger partial charge in [0.05, 0.1) is 0 Å².